The quantitative estimate of drug-likeness (QED) is 0.165. The lowest BCUT2D eigenvalue weighted by Crippen LogP contribution is -1.91. The van der Waals surface area contributed by atoms with Gasteiger partial charge in [0.05, 0.1) is 0 Å². The zero-order valence-corrected chi connectivity index (χ0v) is 31.0. The molecule has 0 unspecified atom stereocenters. The molecule has 0 bridgehead atoms. The maximum atomic E-state index is 7.09. The summed E-state index contributed by atoms with van der Waals surface area (Å²) in [6, 6.07) is 75.0. The molecule has 0 aliphatic heterocycles. The number of hydrogen-bond donors (Lipinski definition) is 0. The number of rotatable bonds is 4. The van der Waals surface area contributed by atoms with Gasteiger partial charge in [0.1, 0.15) is 11.2 Å². The van der Waals surface area contributed by atoms with Crippen LogP contribution in [0.5, 0.6) is 0 Å². The van der Waals surface area contributed by atoms with Gasteiger partial charge in [0, 0.05) is 21.9 Å². The fraction of sp³-hybridized carbons (Fsp3) is 0. The summed E-state index contributed by atoms with van der Waals surface area (Å²) in [4.78, 5) is 0. The standard InChI is InChI=1S/C56H34O/c1-2-17-36(18-3-1)52-41-21-6-8-23-43(41)53(44-24-9-7-22-42(44)52)37-32-33-39-49-30-15-31-50(56(49)57-51(39)34-37)55-47-27-12-10-25-45(47)54(46-26-11-13-28-48(46)55)40-29-14-19-35-16-4-5-20-38(35)40/h1-34H. The van der Waals surface area contributed by atoms with E-state index in [2.05, 4.69) is 206 Å². The summed E-state index contributed by atoms with van der Waals surface area (Å²) in [5, 5.41) is 14.6. The predicted molar refractivity (Wildman–Crippen MR) is 243 cm³/mol. The van der Waals surface area contributed by atoms with Gasteiger partial charge in [-0.2, -0.15) is 0 Å². The second-order valence-electron chi connectivity index (χ2n) is 15.1. The molecule has 0 saturated heterocycles. The monoisotopic (exact) mass is 722 g/mol. The largest absolute Gasteiger partial charge is 0.455 e. The van der Waals surface area contributed by atoms with Crippen molar-refractivity contribution in [3.8, 4) is 44.5 Å². The van der Waals surface area contributed by atoms with Crippen molar-refractivity contribution in [1.82, 2.24) is 0 Å². The molecular weight excluding hydrogens is 689 g/mol. The molecule has 0 amide bonds. The van der Waals surface area contributed by atoms with Crippen molar-refractivity contribution >= 4 is 75.8 Å². The molecule has 0 fully saturated rings. The molecule has 0 N–H and O–H groups in total. The minimum atomic E-state index is 0.885. The molecule has 12 rings (SSSR count). The average Bonchev–Trinajstić information content (AvgIpc) is 3.66. The highest BCUT2D eigenvalue weighted by molar-refractivity contribution is 6.26. The smallest absolute Gasteiger partial charge is 0.143 e. The lowest BCUT2D eigenvalue weighted by Gasteiger charge is -2.18. The first-order chi connectivity index (χ1) is 28.3. The fourth-order valence-electron chi connectivity index (χ4n) is 9.66. The molecule has 0 saturated carbocycles. The van der Waals surface area contributed by atoms with E-state index in [1.807, 2.05) is 0 Å². The zero-order valence-electron chi connectivity index (χ0n) is 31.0. The van der Waals surface area contributed by atoms with E-state index in [0.29, 0.717) is 0 Å². The van der Waals surface area contributed by atoms with Crippen LogP contribution in [-0.4, -0.2) is 0 Å². The summed E-state index contributed by atoms with van der Waals surface area (Å²) in [5.74, 6) is 0. The van der Waals surface area contributed by atoms with Crippen molar-refractivity contribution in [2.24, 2.45) is 0 Å². The molecule has 1 heteroatoms. The Morgan fingerprint density at radius 2 is 0.667 bits per heavy atom. The topological polar surface area (TPSA) is 13.1 Å². The van der Waals surface area contributed by atoms with Crippen LogP contribution in [0.4, 0.5) is 0 Å². The van der Waals surface area contributed by atoms with E-state index >= 15 is 0 Å². The van der Waals surface area contributed by atoms with Crippen LogP contribution in [0.15, 0.2) is 211 Å². The molecule has 1 nitrogen and oxygen atoms in total. The molecule has 264 valence electrons. The average molecular weight is 723 g/mol. The summed E-state index contributed by atoms with van der Waals surface area (Å²) < 4.78 is 7.09. The Kier molecular flexibility index (Phi) is 7.00. The second-order valence-corrected chi connectivity index (χ2v) is 15.1. The third-order valence-corrected chi connectivity index (χ3v) is 12.0. The number of hydrogen-bond acceptors (Lipinski definition) is 1. The third-order valence-electron chi connectivity index (χ3n) is 12.0. The van der Waals surface area contributed by atoms with Crippen molar-refractivity contribution in [2.75, 3.05) is 0 Å². The Morgan fingerprint density at radius 1 is 0.246 bits per heavy atom. The Bertz CT molecular complexity index is 3450. The van der Waals surface area contributed by atoms with E-state index in [4.69, 9.17) is 4.42 Å². The first-order valence-corrected chi connectivity index (χ1v) is 19.7. The van der Waals surface area contributed by atoms with Crippen LogP contribution in [0.25, 0.3) is 120 Å². The normalized spacial score (nSPS) is 11.9. The van der Waals surface area contributed by atoms with Gasteiger partial charge in [-0.1, -0.05) is 194 Å². The molecule has 1 aromatic heterocycles. The summed E-state index contributed by atoms with van der Waals surface area (Å²) >= 11 is 0. The van der Waals surface area contributed by atoms with E-state index in [-0.39, 0.29) is 0 Å². The van der Waals surface area contributed by atoms with Gasteiger partial charge in [-0.05, 0) is 99.4 Å². The molecule has 0 radical (unpaired) electrons. The Hall–Kier alpha value is -7.48. The Morgan fingerprint density at radius 3 is 1.26 bits per heavy atom. The molecule has 0 aliphatic rings. The molecule has 57 heavy (non-hydrogen) atoms. The number of furan rings is 1. The predicted octanol–water partition coefficient (Wildman–Crippen LogP) is 16.0. The fourth-order valence-corrected chi connectivity index (χ4v) is 9.66. The van der Waals surface area contributed by atoms with Gasteiger partial charge in [0.2, 0.25) is 0 Å². The van der Waals surface area contributed by atoms with Gasteiger partial charge in [0.15, 0.2) is 0 Å². The van der Waals surface area contributed by atoms with E-state index in [9.17, 15) is 0 Å². The van der Waals surface area contributed by atoms with Crippen molar-refractivity contribution in [3.05, 3.63) is 206 Å². The van der Waals surface area contributed by atoms with Gasteiger partial charge in [-0.15, -0.1) is 0 Å². The second kappa shape index (κ2) is 12.5. The van der Waals surface area contributed by atoms with Crippen molar-refractivity contribution in [3.63, 3.8) is 0 Å². The first-order valence-electron chi connectivity index (χ1n) is 19.7. The highest BCUT2D eigenvalue weighted by atomic mass is 16.3. The summed E-state index contributed by atoms with van der Waals surface area (Å²) in [6.45, 7) is 0. The Labute approximate surface area is 329 Å². The highest BCUT2D eigenvalue weighted by Gasteiger charge is 2.22. The van der Waals surface area contributed by atoms with Crippen LogP contribution in [-0.2, 0) is 0 Å². The van der Waals surface area contributed by atoms with Crippen molar-refractivity contribution in [2.45, 2.75) is 0 Å². The summed E-state index contributed by atoms with van der Waals surface area (Å²) in [5.41, 5.74) is 11.5. The maximum absolute atomic E-state index is 7.09. The van der Waals surface area contributed by atoms with Gasteiger partial charge in [0.25, 0.3) is 0 Å². The lowest BCUT2D eigenvalue weighted by atomic mass is 9.84. The zero-order chi connectivity index (χ0) is 37.5. The molecular formula is C56H34O. The van der Waals surface area contributed by atoms with Gasteiger partial charge in [-0.3, -0.25) is 0 Å². The molecule has 0 atom stereocenters. The number of fused-ring (bicyclic) bond motifs is 8. The molecule has 11 aromatic carbocycles. The summed E-state index contributed by atoms with van der Waals surface area (Å²) in [7, 11) is 0. The van der Waals surface area contributed by atoms with E-state index < -0.39 is 0 Å². The SMILES string of the molecule is c1ccc(-c2c3ccccc3c(-c3ccc4c(c3)oc3c(-c5c6ccccc6c(-c6cccc7ccccc67)c6ccccc56)cccc34)c3ccccc23)cc1. The molecule has 12 aromatic rings. The maximum Gasteiger partial charge on any atom is 0.143 e. The van der Waals surface area contributed by atoms with Crippen LogP contribution in [0, 0.1) is 0 Å². The Balaban J connectivity index is 1.11. The first kappa shape index (κ1) is 31.8. The van der Waals surface area contributed by atoms with Gasteiger partial charge >= 0.3 is 0 Å². The third kappa shape index (κ3) is 4.76. The molecule has 1 heterocycles. The van der Waals surface area contributed by atoms with Gasteiger partial charge in [-0.25, -0.2) is 0 Å². The van der Waals surface area contributed by atoms with Gasteiger partial charge < -0.3 is 4.42 Å². The van der Waals surface area contributed by atoms with Crippen LogP contribution in [0.3, 0.4) is 0 Å². The summed E-state index contributed by atoms with van der Waals surface area (Å²) in [6.07, 6.45) is 0. The minimum absolute atomic E-state index is 0.885. The highest BCUT2D eigenvalue weighted by Crippen LogP contribution is 2.49. The number of para-hydroxylation sites is 1. The van der Waals surface area contributed by atoms with Crippen LogP contribution in [0.1, 0.15) is 0 Å². The van der Waals surface area contributed by atoms with E-state index in [1.165, 1.54) is 87.2 Å². The molecule has 0 spiro atoms. The van der Waals surface area contributed by atoms with Crippen LogP contribution in [0.2, 0.25) is 0 Å². The van der Waals surface area contributed by atoms with Crippen LogP contribution < -0.4 is 0 Å². The lowest BCUT2D eigenvalue weighted by molar-refractivity contribution is 0.670. The van der Waals surface area contributed by atoms with Crippen LogP contribution >= 0.6 is 0 Å². The number of benzene rings is 11. The van der Waals surface area contributed by atoms with Crippen molar-refractivity contribution in [1.29, 1.82) is 0 Å². The van der Waals surface area contributed by atoms with E-state index in [0.717, 1.165) is 33.1 Å². The van der Waals surface area contributed by atoms with Crippen molar-refractivity contribution < 1.29 is 4.42 Å². The van der Waals surface area contributed by atoms with E-state index in [1.54, 1.807) is 0 Å². The molecule has 0 aliphatic carbocycles. The minimum Gasteiger partial charge on any atom is -0.455 e.